The molecule has 1 rings (SSSR count). The van der Waals surface area contributed by atoms with E-state index in [0.29, 0.717) is 5.92 Å². The van der Waals surface area contributed by atoms with Crippen LogP contribution >= 0.6 is 15.9 Å². The average Bonchev–Trinajstić information content (AvgIpc) is 2.28. The zero-order valence-corrected chi connectivity index (χ0v) is 12.9. The van der Waals surface area contributed by atoms with Gasteiger partial charge in [-0.1, -0.05) is 41.9 Å². The predicted octanol–water partition coefficient (Wildman–Crippen LogP) is 3.77. The van der Waals surface area contributed by atoms with Crippen LogP contribution in [0.25, 0.3) is 0 Å². The molecule has 0 saturated heterocycles. The summed E-state index contributed by atoms with van der Waals surface area (Å²) in [6.07, 6.45) is 2.96. The first-order valence-electron chi connectivity index (χ1n) is 6.65. The SMILES string of the molecule is CC(C)CCOCCC(N)Cc1cccc(Br)c1. The highest BCUT2D eigenvalue weighted by atomic mass is 79.9. The molecule has 102 valence electrons. The topological polar surface area (TPSA) is 35.2 Å². The Hall–Kier alpha value is -0.380. The second-order valence-corrected chi connectivity index (χ2v) is 6.09. The Kier molecular flexibility index (Phi) is 7.56. The van der Waals surface area contributed by atoms with Gasteiger partial charge < -0.3 is 10.5 Å². The highest BCUT2D eigenvalue weighted by Crippen LogP contribution is 2.13. The molecule has 0 bridgehead atoms. The normalized spacial score (nSPS) is 12.9. The predicted molar refractivity (Wildman–Crippen MR) is 80.7 cm³/mol. The molecule has 0 saturated carbocycles. The van der Waals surface area contributed by atoms with Crippen LogP contribution in [0.4, 0.5) is 0 Å². The van der Waals surface area contributed by atoms with E-state index >= 15 is 0 Å². The maximum absolute atomic E-state index is 6.10. The first-order valence-corrected chi connectivity index (χ1v) is 7.45. The van der Waals surface area contributed by atoms with E-state index in [4.69, 9.17) is 10.5 Å². The van der Waals surface area contributed by atoms with Crippen molar-refractivity contribution in [2.75, 3.05) is 13.2 Å². The van der Waals surface area contributed by atoms with Gasteiger partial charge in [0.15, 0.2) is 0 Å². The van der Waals surface area contributed by atoms with Gasteiger partial charge in [0.25, 0.3) is 0 Å². The van der Waals surface area contributed by atoms with Gasteiger partial charge >= 0.3 is 0 Å². The van der Waals surface area contributed by atoms with E-state index in [0.717, 1.165) is 36.9 Å². The van der Waals surface area contributed by atoms with Crippen molar-refractivity contribution < 1.29 is 4.74 Å². The van der Waals surface area contributed by atoms with Gasteiger partial charge in [-0.3, -0.25) is 0 Å². The Bertz CT molecular complexity index is 341. The van der Waals surface area contributed by atoms with E-state index in [1.807, 2.05) is 12.1 Å². The number of benzene rings is 1. The van der Waals surface area contributed by atoms with Gasteiger partial charge in [-0.05, 0) is 42.9 Å². The van der Waals surface area contributed by atoms with Crippen molar-refractivity contribution in [2.24, 2.45) is 11.7 Å². The zero-order chi connectivity index (χ0) is 13.4. The molecule has 2 N–H and O–H groups in total. The fourth-order valence-corrected chi connectivity index (χ4v) is 2.17. The summed E-state index contributed by atoms with van der Waals surface area (Å²) in [6, 6.07) is 8.50. The number of nitrogens with two attached hydrogens (primary N) is 1. The number of halogens is 1. The van der Waals surface area contributed by atoms with Crippen LogP contribution in [0, 0.1) is 5.92 Å². The molecule has 1 atom stereocenters. The largest absolute Gasteiger partial charge is 0.381 e. The molecule has 0 aliphatic carbocycles. The summed E-state index contributed by atoms with van der Waals surface area (Å²) in [7, 11) is 0. The maximum atomic E-state index is 6.10. The van der Waals surface area contributed by atoms with Gasteiger partial charge in [0.1, 0.15) is 0 Å². The molecule has 0 fully saturated rings. The van der Waals surface area contributed by atoms with Crippen LogP contribution in [0.3, 0.4) is 0 Å². The second-order valence-electron chi connectivity index (χ2n) is 5.18. The van der Waals surface area contributed by atoms with Gasteiger partial charge in [-0.15, -0.1) is 0 Å². The number of ether oxygens (including phenoxy) is 1. The van der Waals surface area contributed by atoms with E-state index in [2.05, 4.69) is 41.9 Å². The van der Waals surface area contributed by atoms with Crippen LogP contribution in [-0.2, 0) is 11.2 Å². The van der Waals surface area contributed by atoms with Crippen molar-refractivity contribution in [2.45, 2.75) is 39.2 Å². The number of hydrogen-bond acceptors (Lipinski definition) is 2. The molecule has 0 spiro atoms. The van der Waals surface area contributed by atoms with Crippen LogP contribution in [0.15, 0.2) is 28.7 Å². The molecule has 18 heavy (non-hydrogen) atoms. The summed E-state index contributed by atoms with van der Waals surface area (Å²) in [5.74, 6) is 0.709. The minimum absolute atomic E-state index is 0.179. The lowest BCUT2D eigenvalue weighted by Crippen LogP contribution is -2.24. The zero-order valence-electron chi connectivity index (χ0n) is 11.4. The Labute approximate surface area is 119 Å². The highest BCUT2D eigenvalue weighted by Gasteiger charge is 2.04. The summed E-state index contributed by atoms with van der Waals surface area (Å²) in [5.41, 5.74) is 7.38. The summed E-state index contributed by atoms with van der Waals surface area (Å²) < 4.78 is 6.70. The Morgan fingerprint density at radius 3 is 2.61 bits per heavy atom. The minimum atomic E-state index is 0.179. The number of rotatable bonds is 8. The first-order chi connectivity index (χ1) is 8.58. The quantitative estimate of drug-likeness (QED) is 0.741. The van der Waals surface area contributed by atoms with Crippen molar-refractivity contribution in [3.63, 3.8) is 0 Å². The average molecular weight is 314 g/mol. The third-order valence-electron chi connectivity index (χ3n) is 2.86. The molecule has 0 aliphatic heterocycles. The lowest BCUT2D eigenvalue weighted by Gasteiger charge is -2.12. The lowest BCUT2D eigenvalue weighted by molar-refractivity contribution is 0.117. The molecular formula is C15H24BrNO. The van der Waals surface area contributed by atoms with Crippen molar-refractivity contribution in [3.8, 4) is 0 Å². The third kappa shape index (κ3) is 7.14. The summed E-state index contributed by atoms with van der Waals surface area (Å²) in [6.45, 7) is 6.04. The summed E-state index contributed by atoms with van der Waals surface area (Å²) in [5, 5.41) is 0. The van der Waals surface area contributed by atoms with E-state index in [1.165, 1.54) is 5.56 Å². The molecule has 0 heterocycles. The Balaban J connectivity index is 2.16. The molecule has 1 aromatic carbocycles. The number of hydrogen-bond donors (Lipinski definition) is 1. The van der Waals surface area contributed by atoms with E-state index in [9.17, 15) is 0 Å². The molecule has 2 nitrogen and oxygen atoms in total. The van der Waals surface area contributed by atoms with Crippen molar-refractivity contribution in [1.29, 1.82) is 0 Å². The Morgan fingerprint density at radius 2 is 1.94 bits per heavy atom. The summed E-state index contributed by atoms with van der Waals surface area (Å²) >= 11 is 3.47. The first kappa shape index (κ1) is 15.7. The van der Waals surface area contributed by atoms with E-state index in [-0.39, 0.29) is 6.04 Å². The van der Waals surface area contributed by atoms with Crippen LogP contribution < -0.4 is 5.73 Å². The summed E-state index contributed by atoms with van der Waals surface area (Å²) in [4.78, 5) is 0. The van der Waals surface area contributed by atoms with Crippen molar-refractivity contribution in [3.05, 3.63) is 34.3 Å². The Morgan fingerprint density at radius 1 is 1.22 bits per heavy atom. The second kappa shape index (κ2) is 8.68. The molecule has 3 heteroatoms. The molecule has 0 aliphatic rings. The van der Waals surface area contributed by atoms with Crippen LogP contribution in [-0.4, -0.2) is 19.3 Å². The smallest absolute Gasteiger partial charge is 0.0480 e. The van der Waals surface area contributed by atoms with Gasteiger partial charge in [0, 0.05) is 23.7 Å². The molecule has 1 unspecified atom stereocenters. The van der Waals surface area contributed by atoms with Crippen LogP contribution in [0.1, 0.15) is 32.3 Å². The van der Waals surface area contributed by atoms with Gasteiger partial charge in [0.05, 0.1) is 0 Å². The fraction of sp³-hybridized carbons (Fsp3) is 0.600. The van der Waals surface area contributed by atoms with E-state index < -0.39 is 0 Å². The molecule has 0 aromatic heterocycles. The monoisotopic (exact) mass is 313 g/mol. The van der Waals surface area contributed by atoms with Crippen LogP contribution in [0.2, 0.25) is 0 Å². The molecule has 0 radical (unpaired) electrons. The van der Waals surface area contributed by atoms with Crippen LogP contribution in [0.5, 0.6) is 0 Å². The van der Waals surface area contributed by atoms with E-state index in [1.54, 1.807) is 0 Å². The molecular weight excluding hydrogens is 290 g/mol. The fourth-order valence-electron chi connectivity index (χ4n) is 1.72. The molecule has 0 amide bonds. The van der Waals surface area contributed by atoms with Crippen molar-refractivity contribution in [1.82, 2.24) is 0 Å². The standard InChI is InChI=1S/C15H24BrNO/c1-12(2)6-8-18-9-7-15(17)11-13-4-3-5-14(16)10-13/h3-5,10,12,15H,6-9,11,17H2,1-2H3. The van der Waals surface area contributed by atoms with Gasteiger partial charge in [-0.25, -0.2) is 0 Å². The van der Waals surface area contributed by atoms with Crippen molar-refractivity contribution >= 4 is 15.9 Å². The van der Waals surface area contributed by atoms with Gasteiger partial charge in [0.2, 0.25) is 0 Å². The van der Waals surface area contributed by atoms with Gasteiger partial charge in [-0.2, -0.15) is 0 Å². The highest BCUT2D eigenvalue weighted by molar-refractivity contribution is 9.10. The third-order valence-corrected chi connectivity index (χ3v) is 3.35. The molecule has 1 aromatic rings. The maximum Gasteiger partial charge on any atom is 0.0480 e. The lowest BCUT2D eigenvalue weighted by atomic mass is 10.0. The minimum Gasteiger partial charge on any atom is -0.381 e.